The fourth-order valence-corrected chi connectivity index (χ4v) is 4.53. The number of ether oxygens (including phenoxy) is 2. The Hall–Kier alpha value is -3.60. The molecule has 31 heavy (non-hydrogen) atoms. The van der Waals surface area contributed by atoms with Crippen LogP contribution >= 0.6 is 0 Å². The van der Waals surface area contributed by atoms with Gasteiger partial charge in [-0.1, -0.05) is 78.9 Å². The van der Waals surface area contributed by atoms with Gasteiger partial charge in [-0.05, 0) is 40.7 Å². The number of esters is 1. The quantitative estimate of drug-likeness (QED) is 0.566. The molecule has 5 nitrogen and oxygen atoms in total. The molecular weight excluding hydrogens is 390 g/mol. The minimum absolute atomic E-state index is 0.0154. The molecule has 0 aromatic heterocycles. The van der Waals surface area contributed by atoms with Gasteiger partial charge in [0.15, 0.2) is 6.73 Å². The Labute approximate surface area is 181 Å². The molecule has 1 amide bonds. The third-order valence-electron chi connectivity index (χ3n) is 6.11. The second-order valence-electron chi connectivity index (χ2n) is 7.91. The molecule has 0 N–H and O–H groups in total. The summed E-state index contributed by atoms with van der Waals surface area (Å²) in [4.78, 5) is 26.5. The summed E-state index contributed by atoms with van der Waals surface area (Å²) in [6.07, 6.45) is 0.687. The van der Waals surface area contributed by atoms with Crippen LogP contribution in [0.15, 0.2) is 78.9 Å². The third-order valence-corrected chi connectivity index (χ3v) is 6.11. The first-order chi connectivity index (χ1) is 15.2. The molecule has 5 heteroatoms. The van der Waals surface area contributed by atoms with Crippen LogP contribution in [0.3, 0.4) is 0 Å². The number of benzene rings is 3. The molecule has 5 rings (SSSR count). The topological polar surface area (TPSA) is 55.8 Å². The minimum Gasteiger partial charge on any atom is -0.448 e. The Balaban J connectivity index is 1.27. The Morgan fingerprint density at radius 1 is 0.903 bits per heavy atom. The summed E-state index contributed by atoms with van der Waals surface area (Å²) in [6.45, 7) is 0.165. The summed E-state index contributed by atoms with van der Waals surface area (Å²) in [5.41, 5.74) is 5.80. The number of amides is 1. The molecule has 3 aromatic carbocycles. The van der Waals surface area contributed by atoms with Crippen molar-refractivity contribution in [1.82, 2.24) is 4.90 Å². The van der Waals surface area contributed by atoms with Gasteiger partial charge in [-0.3, -0.25) is 4.90 Å². The average molecular weight is 413 g/mol. The van der Waals surface area contributed by atoms with Gasteiger partial charge >= 0.3 is 12.1 Å². The summed E-state index contributed by atoms with van der Waals surface area (Å²) < 4.78 is 10.9. The van der Waals surface area contributed by atoms with Crippen molar-refractivity contribution in [2.45, 2.75) is 24.8 Å². The maximum atomic E-state index is 12.9. The summed E-state index contributed by atoms with van der Waals surface area (Å²) in [6, 6.07) is 25.7. The molecule has 0 unspecified atom stereocenters. The summed E-state index contributed by atoms with van der Waals surface area (Å²) >= 11 is 0. The molecule has 1 aliphatic carbocycles. The zero-order chi connectivity index (χ0) is 21.2. The lowest BCUT2D eigenvalue weighted by molar-refractivity contribution is -0.139. The van der Waals surface area contributed by atoms with Crippen molar-refractivity contribution in [2.24, 2.45) is 0 Å². The molecule has 2 aliphatic rings. The Morgan fingerprint density at radius 3 is 2.19 bits per heavy atom. The highest BCUT2D eigenvalue weighted by Gasteiger charge is 2.39. The van der Waals surface area contributed by atoms with Crippen molar-refractivity contribution < 1.29 is 19.1 Å². The van der Waals surface area contributed by atoms with Gasteiger partial charge in [0.25, 0.3) is 0 Å². The molecule has 1 heterocycles. The normalized spacial score (nSPS) is 17.2. The highest BCUT2D eigenvalue weighted by atomic mass is 16.6. The van der Waals surface area contributed by atoms with Gasteiger partial charge in [0.05, 0.1) is 0 Å². The van der Waals surface area contributed by atoms with Crippen LogP contribution in [0.2, 0.25) is 0 Å². The van der Waals surface area contributed by atoms with Gasteiger partial charge in [0, 0.05) is 5.92 Å². The van der Waals surface area contributed by atoms with Crippen LogP contribution in [0.5, 0.6) is 0 Å². The maximum Gasteiger partial charge on any atom is 0.413 e. The van der Waals surface area contributed by atoms with E-state index in [1.54, 1.807) is 0 Å². The lowest BCUT2D eigenvalue weighted by Gasteiger charge is -2.21. The number of carbonyl (C=O) groups is 2. The Morgan fingerprint density at radius 2 is 1.52 bits per heavy atom. The Kier molecular flexibility index (Phi) is 5.16. The summed E-state index contributed by atoms with van der Waals surface area (Å²) in [5, 5.41) is 0. The van der Waals surface area contributed by atoms with Gasteiger partial charge in [0.1, 0.15) is 12.6 Å². The molecule has 1 atom stereocenters. The van der Waals surface area contributed by atoms with E-state index in [4.69, 9.17) is 9.47 Å². The van der Waals surface area contributed by atoms with E-state index >= 15 is 0 Å². The van der Waals surface area contributed by atoms with Crippen molar-refractivity contribution in [1.29, 1.82) is 0 Å². The number of carbonyl (C=O) groups excluding carboxylic acids is 2. The third kappa shape index (κ3) is 3.67. The Bertz CT molecular complexity index is 1070. The van der Waals surface area contributed by atoms with E-state index in [0.717, 1.165) is 16.7 Å². The fraction of sp³-hybridized carbons (Fsp3) is 0.231. The first-order valence-corrected chi connectivity index (χ1v) is 10.5. The summed E-state index contributed by atoms with van der Waals surface area (Å²) in [5.74, 6) is -0.386. The van der Waals surface area contributed by atoms with Crippen molar-refractivity contribution in [3.05, 3.63) is 95.6 Å². The van der Waals surface area contributed by atoms with Crippen molar-refractivity contribution in [3.8, 4) is 11.1 Å². The van der Waals surface area contributed by atoms with Gasteiger partial charge < -0.3 is 9.47 Å². The van der Waals surface area contributed by atoms with Gasteiger partial charge in [-0.2, -0.15) is 0 Å². The van der Waals surface area contributed by atoms with Crippen LogP contribution in [-0.4, -0.2) is 36.3 Å². The number of hydrogen-bond acceptors (Lipinski definition) is 4. The van der Waals surface area contributed by atoms with Crippen LogP contribution < -0.4 is 0 Å². The highest BCUT2D eigenvalue weighted by Crippen LogP contribution is 2.44. The maximum absolute atomic E-state index is 12.9. The first kappa shape index (κ1) is 19.4. The average Bonchev–Trinajstić information content (AvgIpc) is 3.34. The molecule has 1 saturated heterocycles. The zero-order valence-electron chi connectivity index (χ0n) is 17.1. The van der Waals surface area contributed by atoms with Crippen LogP contribution in [-0.2, 0) is 20.7 Å². The second kappa shape index (κ2) is 8.26. The van der Waals surface area contributed by atoms with E-state index in [0.29, 0.717) is 12.8 Å². The van der Waals surface area contributed by atoms with E-state index in [-0.39, 0.29) is 25.2 Å². The molecule has 1 fully saturated rings. The number of cyclic esters (lactones) is 1. The van der Waals surface area contributed by atoms with E-state index in [2.05, 4.69) is 24.3 Å². The largest absolute Gasteiger partial charge is 0.448 e. The fourth-order valence-electron chi connectivity index (χ4n) is 4.53. The predicted octanol–water partition coefficient (Wildman–Crippen LogP) is 4.75. The first-order valence-electron chi connectivity index (χ1n) is 10.5. The number of fused-ring (bicyclic) bond motifs is 3. The number of hydrogen-bond donors (Lipinski definition) is 0. The number of nitrogens with zero attached hydrogens (tertiary/aromatic N) is 1. The molecule has 0 radical (unpaired) electrons. The molecular formula is C26H23NO4. The SMILES string of the molecule is O=C1OCN(C(=O)OCC2c3ccccc3-c3ccccc32)[C@H]1CCc1ccccc1. The van der Waals surface area contributed by atoms with E-state index in [9.17, 15) is 9.59 Å². The number of rotatable bonds is 5. The molecule has 156 valence electrons. The lowest BCUT2D eigenvalue weighted by atomic mass is 9.98. The van der Waals surface area contributed by atoms with Gasteiger partial charge in [0.2, 0.25) is 0 Å². The second-order valence-corrected chi connectivity index (χ2v) is 7.91. The smallest absolute Gasteiger partial charge is 0.413 e. The van der Waals surface area contributed by atoms with Crippen molar-refractivity contribution >= 4 is 12.1 Å². The number of aryl methyl sites for hydroxylation is 1. The summed E-state index contributed by atoms with van der Waals surface area (Å²) in [7, 11) is 0. The molecule has 0 spiro atoms. The van der Waals surface area contributed by atoms with Gasteiger partial charge in [-0.25, -0.2) is 9.59 Å². The van der Waals surface area contributed by atoms with Crippen molar-refractivity contribution in [3.63, 3.8) is 0 Å². The standard InChI is InChI=1S/C26H23NO4/c28-25-24(15-14-18-8-2-1-3-9-18)27(17-31-25)26(29)30-16-23-21-12-6-4-10-19(21)20-11-5-7-13-22(20)23/h1-13,23-24H,14-17H2/t24-/m0/s1. The van der Waals surface area contributed by atoms with Crippen LogP contribution in [0.25, 0.3) is 11.1 Å². The molecule has 0 saturated carbocycles. The van der Waals surface area contributed by atoms with Crippen molar-refractivity contribution in [2.75, 3.05) is 13.3 Å². The van der Waals surface area contributed by atoms with Gasteiger partial charge in [-0.15, -0.1) is 0 Å². The minimum atomic E-state index is -0.615. The lowest BCUT2D eigenvalue weighted by Crippen LogP contribution is -2.39. The molecule has 3 aromatic rings. The van der Waals surface area contributed by atoms with Crippen LogP contribution in [0.4, 0.5) is 4.79 Å². The van der Waals surface area contributed by atoms with E-state index in [1.165, 1.54) is 16.0 Å². The van der Waals surface area contributed by atoms with Crippen LogP contribution in [0.1, 0.15) is 29.0 Å². The van der Waals surface area contributed by atoms with E-state index in [1.807, 2.05) is 54.6 Å². The highest BCUT2D eigenvalue weighted by molar-refractivity contribution is 5.84. The predicted molar refractivity (Wildman–Crippen MR) is 116 cm³/mol. The zero-order valence-corrected chi connectivity index (χ0v) is 17.1. The monoisotopic (exact) mass is 413 g/mol. The molecule has 0 bridgehead atoms. The molecule has 1 aliphatic heterocycles. The van der Waals surface area contributed by atoms with Crippen LogP contribution in [0, 0.1) is 0 Å². The van der Waals surface area contributed by atoms with E-state index < -0.39 is 12.1 Å².